The molecule has 6 heteroatoms. The molecule has 0 spiro atoms. The van der Waals surface area contributed by atoms with Gasteiger partial charge in [-0.3, -0.25) is 14.4 Å². The van der Waals surface area contributed by atoms with Gasteiger partial charge < -0.3 is 14.2 Å². The quantitative estimate of drug-likeness (QED) is 0.0199. The number of esters is 3. The predicted octanol–water partition coefficient (Wildman–Crippen LogP) is 18.7. The third-order valence-electron chi connectivity index (χ3n) is 11.6. The van der Waals surface area contributed by atoms with Gasteiger partial charge in [-0.25, -0.2) is 0 Å². The van der Waals surface area contributed by atoms with Crippen LogP contribution < -0.4 is 0 Å². The predicted molar refractivity (Wildman–Crippen MR) is 293 cm³/mol. The fourth-order valence-electron chi connectivity index (χ4n) is 7.46. The summed E-state index contributed by atoms with van der Waals surface area (Å²) in [7, 11) is 0. The van der Waals surface area contributed by atoms with Crippen LogP contribution in [0.1, 0.15) is 245 Å². The summed E-state index contributed by atoms with van der Waals surface area (Å²) in [5.41, 5.74) is 0. The van der Waals surface area contributed by atoms with Crippen molar-refractivity contribution in [1.82, 2.24) is 0 Å². The monoisotopic (exact) mass is 943 g/mol. The van der Waals surface area contributed by atoms with Gasteiger partial charge >= 0.3 is 17.9 Å². The third-order valence-corrected chi connectivity index (χ3v) is 11.6. The molecule has 0 heterocycles. The van der Waals surface area contributed by atoms with Crippen molar-refractivity contribution in [2.75, 3.05) is 13.2 Å². The second-order valence-corrected chi connectivity index (χ2v) is 18.2. The van der Waals surface area contributed by atoms with E-state index in [0.717, 1.165) is 77.0 Å². The molecule has 0 aromatic heterocycles. The number of unbranched alkanes of at least 4 members (excludes halogenated alkanes) is 24. The van der Waals surface area contributed by atoms with Crippen LogP contribution in [0.2, 0.25) is 0 Å². The van der Waals surface area contributed by atoms with Crippen molar-refractivity contribution in [3.63, 3.8) is 0 Å². The molecule has 6 nitrogen and oxygen atoms in total. The highest BCUT2D eigenvalue weighted by Crippen LogP contribution is 2.15. The van der Waals surface area contributed by atoms with Gasteiger partial charge in [0.1, 0.15) is 13.2 Å². The van der Waals surface area contributed by atoms with E-state index < -0.39 is 6.10 Å². The van der Waals surface area contributed by atoms with E-state index in [-0.39, 0.29) is 37.5 Å². The van der Waals surface area contributed by atoms with E-state index in [9.17, 15) is 14.4 Å². The maximum atomic E-state index is 12.8. The topological polar surface area (TPSA) is 78.9 Å². The molecule has 0 radical (unpaired) electrons. The summed E-state index contributed by atoms with van der Waals surface area (Å²) >= 11 is 0. The minimum absolute atomic E-state index is 0.113. The minimum atomic E-state index is -0.825. The van der Waals surface area contributed by atoms with Crippen LogP contribution in [0.5, 0.6) is 0 Å². The molecule has 68 heavy (non-hydrogen) atoms. The highest BCUT2D eigenvalue weighted by atomic mass is 16.6. The second kappa shape index (κ2) is 55.7. The van der Waals surface area contributed by atoms with Gasteiger partial charge in [-0.05, 0) is 77.0 Å². The van der Waals surface area contributed by atoms with Crippen LogP contribution in [0.25, 0.3) is 0 Å². The lowest BCUT2D eigenvalue weighted by atomic mass is 10.0. The lowest BCUT2D eigenvalue weighted by Crippen LogP contribution is -2.30. The maximum Gasteiger partial charge on any atom is 0.306 e. The number of allylic oxidation sites excluding steroid dienone is 18. The molecular weight excluding hydrogens is 841 g/mol. The number of rotatable bonds is 49. The van der Waals surface area contributed by atoms with Gasteiger partial charge in [0.15, 0.2) is 6.10 Å². The SMILES string of the molecule is CC\C=C/C=C\C=C/C=C\C=C/CCCCCC(=O)OCC(COC(=O)CCCCCCCCCCCCCCCCCCCC)OC(=O)CCC/C=C\C/C=C\C/C=C\C/C=C\CCCCC. The Morgan fingerprint density at radius 2 is 0.647 bits per heavy atom. The minimum Gasteiger partial charge on any atom is -0.462 e. The number of carbonyl (C=O) groups is 3. The van der Waals surface area contributed by atoms with Crippen molar-refractivity contribution >= 4 is 17.9 Å². The first kappa shape index (κ1) is 64.1. The fourth-order valence-corrected chi connectivity index (χ4v) is 7.46. The van der Waals surface area contributed by atoms with Crippen molar-refractivity contribution < 1.29 is 28.6 Å². The molecule has 0 aromatic rings. The van der Waals surface area contributed by atoms with Crippen molar-refractivity contribution in [3.05, 3.63) is 109 Å². The Hall–Kier alpha value is -3.93. The molecule has 0 bridgehead atoms. The highest BCUT2D eigenvalue weighted by molar-refractivity contribution is 5.71. The first-order chi connectivity index (χ1) is 33.5. The first-order valence-corrected chi connectivity index (χ1v) is 28.0. The van der Waals surface area contributed by atoms with Gasteiger partial charge in [-0.2, -0.15) is 0 Å². The van der Waals surface area contributed by atoms with Gasteiger partial charge in [0.25, 0.3) is 0 Å². The van der Waals surface area contributed by atoms with Gasteiger partial charge in [0.2, 0.25) is 0 Å². The standard InChI is InChI=1S/C62H102O6/c1-4-7-10-13-16-19-22-25-28-30-32-34-37-40-43-46-49-52-55-61(64)67-58-59(57-66-60(63)54-51-48-45-42-39-36-33-27-24-21-18-15-12-9-6-3)68-62(65)56-53-50-47-44-41-38-35-31-29-26-23-20-17-14-11-8-5-2/h9,12,15,17-18,20-21,24,26-27,29,33,35-36,38-39,44,47,59H,4-8,10-11,13-14,16,19,22-23,25,28,30-32,34,37,40-43,45-46,48-58H2,1-3H3/b12-9-,18-15-,20-17-,24-21-,29-26-,33-27-,38-35-,39-36-,47-44-. The molecular formula is C62H102O6. The summed E-state index contributed by atoms with van der Waals surface area (Å²) in [4.78, 5) is 38.1. The van der Waals surface area contributed by atoms with Gasteiger partial charge in [0.05, 0.1) is 0 Å². The van der Waals surface area contributed by atoms with Crippen molar-refractivity contribution in [2.24, 2.45) is 0 Å². The van der Waals surface area contributed by atoms with Crippen LogP contribution >= 0.6 is 0 Å². The van der Waals surface area contributed by atoms with Crippen LogP contribution in [-0.4, -0.2) is 37.2 Å². The van der Waals surface area contributed by atoms with Gasteiger partial charge in [-0.15, -0.1) is 0 Å². The summed E-state index contributed by atoms with van der Waals surface area (Å²) in [5.74, 6) is -1.01. The Labute approximate surface area is 419 Å². The Kier molecular flexibility index (Phi) is 52.4. The summed E-state index contributed by atoms with van der Waals surface area (Å²) in [6.45, 7) is 6.39. The van der Waals surface area contributed by atoms with Crippen LogP contribution in [0.4, 0.5) is 0 Å². The summed E-state index contributed by atoms with van der Waals surface area (Å²) in [5, 5.41) is 0. The van der Waals surface area contributed by atoms with Crippen LogP contribution in [0.3, 0.4) is 0 Å². The second-order valence-electron chi connectivity index (χ2n) is 18.2. The van der Waals surface area contributed by atoms with Crippen LogP contribution in [0.15, 0.2) is 109 Å². The number of hydrogen-bond acceptors (Lipinski definition) is 6. The van der Waals surface area contributed by atoms with E-state index >= 15 is 0 Å². The van der Waals surface area contributed by atoms with E-state index in [1.165, 1.54) is 122 Å². The number of hydrogen-bond donors (Lipinski definition) is 0. The maximum absolute atomic E-state index is 12.8. The zero-order valence-corrected chi connectivity index (χ0v) is 44.1. The zero-order chi connectivity index (χ0) is 49.3. The molecule has 0 saturated heterocycles. The van der Waals surface area contributed by atoms with Gasteiger partial charge in [-0.1, -0.05) is 259 Å². The van der Waals surface area contributed by atoms with E-state index in [4.69, 9.17) is 14.2 Å². The average molecular weight is 943 g/mol. The molecule has 386 valence electrons. The van der Waals surface area contributed by atoms with E-state index in [0.29, 0.717) is 19.3 Å². The van der Waals surface area contributed by atoms with Crippen molar-refractivity contribution in [2.45, 2.75) is 252 Å². The Morgan fingerprint density at radius 3 is 1.10 bits per heavy atom. The van der Waals surface area contributed by atoms with E-state index in [1.54, 1.807) is 0 Å². The van der Waals surface area contributed by atoms with Crippen molar-refractivity contribution in [1.29, 1.82) is 0 Å². The van der Waals surface area contributed by atoms with E-state index in [2.05, 4.69) is 81.5 Å². The molecule has 0 amide bonds. The molecule has 0 aromatic carbocycles. The molecule has 0 fully saturated rings. The number of ether oxygens (including phenoxy) is 3. The van der Waals surface area contributed by atoms with E-state index in [1.807, 2.05) is 48.6 Å². The fraction of sp³-hybridized carbons (Fsp3) is 0.661. The van der Waals surface area contributed by atoms with Crippen LogP contribution in [-0.2, 0) is 28.6 Å². The van der Waals surface area contributed by atoms with Crippen molar-refractivity contribution in [3.8, 4) is 0 Å². The van der Waals surface area contributed by atoms with Gasteiger partial charge in [0, 0.05) is 19.3 Å². The third kappa shape index (κ3) is 53.0. The number of carbonyl (C=O) groups excluding carboxylic acids is 3. The lowest BCUT2D eigenvalue weighted by Gasteiger charge is -2.18. The Balaban J connectivity index is 4.52. The zero-order valence-electron chi connectivity index (χ0n) is 44.1. The summed E-state index contributed by atoms with van der Waals surface area (Å²) < 4.78 is 16.8. The smallest absolute Gasteiger partial charge is 0.306 e. The summed E-state index contributed by atoms with van der Waals surface area (Å²) in [6.07, 6.45) is 75.1. The molecule has 0 rings (SSSR count). The normalized spacial score (nSPS) is 12.9. The lowest BCUT2D eigenvalue weighted by molar-refractivity contribution is -0.167. The average Bonchev–Trinajstić information content (AvgIpc) is 3.34. The summed E-state index contributed by atoms with van der Waals surface area (Å²) in [6, 6.07) is 0. The molecule has 0 aliphatic rings. The molecule has 0 N–H and O–H groups in total. The van der Waals surface area contributed by atoms with Crippen LogP contribution in [0, 0.1) is 0 Å². The Morgan fingerprint density at radius 1 is 0.324 bits per heavy atom. The molecule has 1 atom stereocenters. The highest BCUT2D eigenvalue weighted by Gasteiger charge is 2.19. The molecule has 0 aliphatic carbocycles. The molecule has 0 saturated carbocycles. The Bertz CT molecular complexity index is 1410. The first-order valence-electron chi connectivity index (χ1n) is 28.0. The molecule has 1 unspecified atom stereocenters. The molecule has 0 aliphatic heterocycles. The largest absolute Gasteiger partial charge is 0.462 e.